The number of methoxy groups -OCH3 is 1. The lowest BCUT2D eigenvalue weighted by Crippen LogP contribution is -2.19. The lowest BCUT2D eigenvalue weighted by atomic mass is 9.72. The van der Waals surface area contributed by atoms with E-state index >= 15 is 0 Å². The number of esters is 1. The molecule has 0 aromatic heterocycles. The number of carbonyl (C=O) groups excluding carboxylic acids is 1. The quantitative estimate of drug-likeness (QED) is 0.333. The molecule has 0 spiro atoms. The molecular weight excluding hydrogens is 151 g/mol. The minimum Gasteiger partial charge on any atom is -0.469 e. The molecule has 0 aromatic carbocycles. The second-order valence-corrected chi connectivity index (χ2v) is 3.34. The van der Waals surface area contributed by atoms with Crippen LogP contribution in [-0.2, 0) is 9.53 Å². The van der Waals surface area contributed by atoms with Crippen molar-refractivity contribution in [1.29, 1.82) is 0 Å². The van der Waals surface area contributed by atoms with Crippen molar-refractivity contribution in [1.82, 2.24) is 0 Å². The number of carbonyl (C=O) groups is 1. The Labute approximate surface area is 74.4 Å². The van der Waals surface area contributed by atoms with Crippen molar-refractivity contribution in [3.63, 3.8) is 0 Å². The summed E-state index contributed by atoms with van der Waals surface area (Å²) in [6.07, 6.45) is 3.56. The van der Waals surface area contributed by atoms with Crippen LogP contribution >= 0.6 is 0 Å². The zero-order valence-electron chi connectivity index (χ0n) is 7.54. The van der Waals surface area contributed by atoms with Gasteiger partial charge in [0.15, 0.2) is 0 Å². The summed E-state index contributed by atoms with van der Waals surface area (Å²) >= 11 is 0. The predicted octanol–water partition coefficient (Wildman–Crippen LogP) is 1.47. The van der Waals surface area contributed by atoms with Crippen molar-refractivity contribution in [3.8, 4) is 0 Å². The van der Waals surface area contributed by atoms with E-state index in [1.165, 1.54) is 12.7 Å². The number of allylic oxidation sites excluding steroid dienone is 1. The molecule has 0 saturated heterocycles. The van der Waals surface area contributed by atoms with Crippen LogP contribution in [0.25, 0.3) is 0 Å². The third kappa shape index (κ3) is 2.13. The van der Waals surface area contributed by atoms with Gasteiger partial charge in [-0.15, -0.1) is 0 Å². The highest BCUT2D eigenvalue weighted by molar-refractivity contribution is 6.12. The molecule has 0 amide bonds. The first-order valence-electron chi connectivity index (χ1n) is 4.14. The Bertz CT molecular complexity index is 211. The molecule has 3 heteroatoms. The summed E-state index contributed by atoms with van der Waals surface area (Å²) in [4.78, 5) is 11.1. The third-order valence-electron chi connectivity index (χ3n) is 2.13. The summed E-state index contributed by atoms with van der Waals surface area (Å²) in [5.41, 5.74) is 1.18. The molecule has 1 aliphatic rings. The topological polar surface area (TPSA) is 26.3 Å². The van der Waals surface area contributed by atoms with Crippen LogP contribution in [0.4, 0.5) is 0 Å². The fourth-order valence-corrected chi connectivity index (χ4v) is 1.62. The van der Waals surface area contributed by atoms with E-state index in [9.17, 15) is 4.79 Å². The summed E-state index contributed by atoms with van der Waals surface area (Å²) in [5.74, 6) is -0.192. The number of hydrogen-bond donors (Lipinski definition) is 0. The molecule has 12 heavy (non-hydrogen) atoms. The molecule has 1 unspecified atom stereocenters. The van der Waals surface area contributed by atoms with Gasteiger partial charge in [-0.05, 0) is 19.8 Å². The van der Waals surface area contributed by atoms with Crippen LogP contribution in [-0.4, -0.2) is 20.9 Å². The lowest BCUT2D eigenvalue weighted by molar-refractivity contribution is -0.144. The molecule has 1 rings (SSSR count). The lowest BCUT2D eigenvalue weighted by Gasteiger charge is -2.23. The second-order valence-electron chi connectivity index (χ2n) is 3.34. The summed E-state index contributed by atoms with van der Waals surface area (Å²) < 4.78 is 4.65. The van der Waals surface area contributed by atoms with Crippen molar-refractivity contribution >= 4 is 13.8 Å². The molecule has 64 valence electrons. The molecule has 2 radical (unpaired) electrons. The summed E-state index contributed by atoms with van der Waals surface area (Å²) in [5, 5.41) is 0. The van der Waals surface area contributed by atoms with E-state index < -0.39 is 0 Å². The Morgan fingerprint density at radius 1 is 1.75 bits per heavy atom. The summed E-state index contributed by atoms with van der Waals surface area (Å²) in [6.45, 7) is 2.00. The van der Waals surface area contributed by atoms with Crippen LogP contribution in [0.3, 0.4) is 0 Å². The van der Waals surface area contributed by atoms with Gasteiger partial charge in [-0.1, -0.05) is 17.5 Å². The monoisotopic (exact) mass is 164 g/mol. The van der Waals surface area contributed by atoms with Crippen LogP contribution in [0, 0.1) is 5.92 Å². The van der Waals surface area contributed by atoms with E-state index in [1.54, 1.807) is 0 Å². The molecule has 0 N–H and O–H groups in total. The Morgan fingerprint density at radius 2 is 2.42 bits per heavy atom. The van der Waals surface area contributed by atoms with Gasteiger partial charge in [-0.3, -0.25) is 4.79 Å². The van der Waals surface area contributed by atoms with Gasteiger partial charge in [0.2, 0.25) is 0 Å². The zero-order chi connectivity index (χ0) is 9.14. The van der Waals surface area contributed by atoms with Crippen molar-refractivity contribution in [2.24, 2.45) is 5.92 Å². The van der Waals surface area contributed by atoms with Crippen LogP contribution in [0.2, 0.25) is 5.82 Å². The van der Waals surface area contributed by atoms with Gasteiger partial charge >= 0.3 is 5.97 Å². The van der Waals surface area contributed by atoms with Crippen LogP contribution in [0.1, 0.15) is 19.8 Å². The van der Waals surface area contributed by atoms with Crippen LogP contribution in [0.5, 0.6) is 0 Å². The Kier molecular flexibility index (Phi) is 2.96. The van der Waals surface area contributed by atoms with Gasteiger partial charge in [-0.2, -0.15) is 0 Å². The molecule has 0 heterocycles. The maximum atomic E-state index is 11.1. The summed E-state index contributed by atoms with van der Waals surface area (Å²) in [6, 6.07) is 0. The number of ether oxygens (including phenoxy) is 1. The Morgan fingerprint density at radius 3 is 2.92 bits per heavy atom. The minimum absolute atomic E-state index is 0.110. The third-order valence-corrected chi connectivity index (χ3v) is 2.13. The van der Waals surface area contributed by atoms with E-state index in [1.807, 2.05) is 13.0 Å². The molecule has 0 saturated carbocycles. The zero-order valence-corrected chi connectivity index (χ0v) is 7.54. The van der Waals surface area contributed by atoms with Crippen molar-refractivity contribution in [2.75, 3.05) is 7.11 Å². The average Bonchev–Trinajstić information content (AvgIpc) is 2.01. The maximum absolute atomic E-state index is 11.1. The second kappa shape index (κ2) is 3.79. The number of rotatable bonds is 1. The first kappa shape index (κ1) is 9.36. The fraction of sp³-hybridized carbons (Fsp3) is 0.667. The van der Waals surface area contributed by atoms with Crippen molar-refractivity contribution in [3.05, 3.63) is 11.6 Å². The molecule has 0 fully saturated rings. The Balaban J connectivity index is 2.66. The van der Waals surface area contributed by atoms with Crippen LogP contribution in [0.15, 0.2) is 11.6 Å². The molecule has 2 atom stereocenters. The first-order valence-corrected chi connectivity index (χ1v) is 4.14. The van der Waals surface area contributed by atoms with E-state index in [0.717, 1.165) is 6.42 Å². The molecular formula is C9H13BO2. The Hall–Kier alpha value is -0.725. The van der Waals surface area contributed by atoms with E-state index in [2.05, 4.69) is 4.74 Å². The van der Waals surface area contributed by atoms with E-state index in [4.69, 9.17) is 7.85 Å². The normalized spacial score (nSPS) is 29.3. The standard InChI is InChI=1S/C9H13BO2/c1-6-3-7(9(11)12-2)5-8(10)4-6/h3,7-8H,4-5H2,1-2H3/t7?,8-/m0/s1. The van der Waals surface area contributed by atoms with Crippen molar-refractivity contribution < 1.29 is 9.53 Å². The molecule has 2 nitrogen and oxygen atoms in total. The SMILES string of the molecule is [B][C@H]1CC(C)=CC(C(=O)OC)C1. The highest BCUT2D eigenvalue weighted by atomic mass is 16.5. The van der Waals surface area contributed by atoms with Gasteiger partial charge in [0, 0.05) is 0 Å². The average molecular weight is 164 g/mol. The largest absolute Gasteiger partial charge is 0.469 e. The highest BCUT2D eigenvalue weighted by Crippen LogP contribution is 2.30. The molecule has 0 aliphatic heterocycles. The van der Waals surface area contributed by atoms with Crippen LogP contribution < -0.4 is 0 Å². The minimum atomic E-state index is -0.176. The molecule has 0 aromatic rings. The summed E-state index contributed by atoms with van der Waals surface area (Å²) in [7, 11) is 7.17. The van der Waals surface area contributed by atoms with Gasteiger partial charge < -0.3 is 4.74 Å². The van der Waals surface area contributed by atoms with Gasteiger partial charge in [-0.25, -0.2) is 0 Å². The van der Waals surface area contributed by atoms with Gasteiger partial charge in [0.05, 0.1) is 20.9 Å². The van der Waals surface area contributed by atoms with Gasteiger partial charge in [0.1, 0.15) is 0 Å². The predicted molar refractivity (Wildman–Crippen MR) is 48.0 cm³/mol. The van der Waals surface area contributed by atoms with E-state index in [-0.39, 0.29) is 17.7 Å². The van der Waals surface area contributed by atoms with Gasteiger partial charge in [0.25, 0.3) is 0 Å². The smallest absolute Gasteiger partial charge is 0.312 e. The van der Waals surface area contributed by atoms with Crippen molar-refractivity contribution in [2.45, 2.75) is 25.6 Å². The number of hydrogen-bond acceptors (Lipinski definition) is 2. The maximum Gasteiger partial charge on any atom is 0.312 e. The first-order chi connectivity index (χ1) is 5.63. The van der Waals surface area contributed by atoms with E-state index in [0.29, 0.717) is 6.42 Å². The highest BCUT2D eigenvalue weighted by Gasteiger charge is 2.23. The molecule has 1 aliphatic carbocycles. The fourth-order valence-electron chi connectivity index (χ4n) is 1.62. The molecule has 0 bridgehead atoms.